The molecule has 9 rings (SSSR count). The van der Waals surface area contributed by atoms with Crippen LogP contribution in [0.25, 0.3) is 5.65 Å². The Hall–Kier alpha value is -8.84. The number of halogens is 6. The molecular weight excluding hydrogens is 1280 g/mol. The number of aliphatic hydroxyl groups excluding tert-OH is 1. The molecule has 92 heavy (non-hydrogen) atoms. The number of ketones is 2. The predicted octanol–water partition coefficient (Wildman–Crippen LogP) is 10.8. The number of hydrogen-bond acceptors (Lipinski definition) is 19. The molecular formula is C61H67F6N9O13S3. The van der Waals surface area contributed by atoms with Gasteiger partial charge in [-0.3, -0.25) is 28.9 Å². The first-order valence-electron chi connectivity index (χ1n) is 28.4. The van der Waals surface area contributed by atoms with E-state index >= 15 is 0 Å². The van der Waals surface area contributed by atoms with Gasteiger partial charge in [0.1, 0.15) is 35.3 Å². The molecule has 2 aliphatic rings. The number of fused-ring (bicyclic) bond motifs is 1. The van der Waals surface area contributed by atoms with Crippen molar-refractivity contribution in [1.82, 2.24) is 29.4 Å². The number of nitrogens with zero attached hydrogens (tertiary/aromatic N) is 7. The molecule has 7 aromatic rings. The number of benzene rings is 4. The van der Waals surface area contributed by atoms with Crippen molar-refractivity contribution in [2.45, 2.75) is 107 Å². The average Bonchev–Trinajstić information content (AvgIpc) is 1.54. The maximum Gasteiger partial charge on any atom is 0.416 e. The van der Waals surface area contributed by atoms with Crippen LogP contribution in [-0.2, 0) is 62.7 Å². The van der Waals surface area contributed by atoms with Crippen LogP contribution in [0.3, 0.4) is 0 Å². The van der Waals surface area contributed by atoms with E-state index in [0.717, 1.165) is 64.9 Å². The summed E-state index contributed by atoms with van der Waals surface area (Å²) in [6, 6.07) is 24.0. The zero-order chi connectivity index (χ0) is 67.9. The summed E-state index contributed by atoms with van der Waals surface area (Å²) in [5, 5.41) is 24.2. The number of Topliss-reactive ketones (excluding diaryl/α,β-unsaturated/α-hetero) is 1. The van der Waals surface area contributed by atoms with Crippen molar-refractivity contribution in [2.24, 2.45) is 23.3 Å². The first-order chi connectivity index (χ1) is 43.5. The van der Waals surface area contributed by atoms with Gasteiger partial charge in [-0.15, -0.1) is 5.10 Å². The van der Waals surface area contributed by atoms with E-state index in [0.29, 0.717) is 84.0 Å². The Kier molecular flexibility index (Phi) is 24.7. The molecule has 4 heterocycles. The highest BCUT2D eigenvalue weighted by Crippen LogP contribution is 2.42. The number of carbonyl (C=O) groups excluding carboxylic acids is 3. The molecule has 3 aromatic heterocycles. The van der Waals surface area contributed by atoms with Gasteiger partial charge in [0.15, 0.2) is 38.4 Å². The number of aliphatic hydroxyl groups is 1. The molecule has 31 heteroatoms. The van der Waals surface area contributed by atoms with Crippen molar-refractivity contribution in [1.29, 1.82) is 0 Å². The molecule has 0 bridgehead atoms. The number of sulfonamides is 1. The van der Waals surface area contributed by atoms with Crippen molar-refractivity contribution >= 4 is 71.9 Å². The Bertz CT molecular complexity index is 4120. The molecule has 0 saturated carbocycles. The Morgan fingerprint density at radius 2 is 1.54 bits per heavy atom. The molecule has 1 aliphatic heterocycles. The number of oxime groups is 2. The minimum atomic E-state index is -4.76. The van der Waals surface area contributed by atoms with Crippen LogP contribution in [0.5, 0.6) is 6.01 Å². The Balaban J connectivity index is 0.000000195. The van der Waals surface area contributed by atoms with Gasteiger partial charge in [0.05, 0.1) is 48.1 Å². The van der Waals surface area contributed by atoms with E-state index in [1.54, 1.807) is 11.6 Å². The number of thioether (sulfide) groups is 1. The van der Waals surface area contributed by atoms with Crippen LogP contribution in [-0.4, -0.2) is 118 Å². The van der Waals surface area contributed by atoms with Crippen LogP contribution in [0.2, 0.25) is 0 Å². The molecule has 2 atom stereocenters. The van der Waals surface area contributed by atoms with Crippen molar-refractivity contribution in [2.75, 3.05) is 37.1 Å². The molecule has 0 spiro atoms. The fourth-order valence-electron chi connectivity index (χ4n) is 9.65. The van der Waals surface area contributed by atoms with E-state index in [4.69, 9.17) is 19.1 Å². The third-order valence-corrected chi connectivity index (χ3v) is 17.1. The zero-order valence-electron chi connectivity index (χ0n) is 51.3. The molecule has 0 fully saturated rings. The standard InChI is InChI=1S/C18H17NO3.C17H29NO3S.C14H13F3N2O4S.C12H8F3N5O3S/c1-2-21-17(20)16-13-18(22-19-16,14-9-5-3-6-10-14)15-11-7-4-8-12-15;1-5-8-14(18-21-6-2)17-15(19)10-13(11-16(17)20)9-12(4)22-7-3;1-7-11(13(21)19(2)18-7)12(20)9-5-4-8(14(15,16)17)6-10(9)24(3,22)23;1-23-12-16-5-8(15)10-17-11(18-20(10)12)24(21,22)19-9-6(13)3-2-4-7(9)14/h3-12H,2,13H2,1H3;12-13,19H,5-11H2,1-4H3;4-6,18H,1-3H3;2-5,19H,1H3. The molecule has 3 N–H and O–H groups in total. The number of para-hydroxylation sites is 1. The predicted molar refractivity (Wildman–Crippen MR) is 330 cm³/mol. The summed E-state index contributed by atoms with van der Waals surface area (Å²) in [5.41, 5.74) is -1.41. The molecule has 4 aromatic carbocycles. The monoisotopic (exact) mass is 1340 g/mol. The summed E-state index contributed by atoms with van der Waals surface area (Å²) in [6.07, 6.45) is 0.619. The second-order valence-electron chi connectivity index (χ2n) is 20.5. The van der Waals surface area contributed by atoms with Gasteiger partial charge in [0.2, 0.25) is 5.78 Å². The molecule has 1 aliphatic carbocycles. The van der Waals surface area contributed by atoms with Crippen molar-refractivity contribution in [3.63, 3.8) is 0 Å². The van der Waals surface area contributed by atoms with Gasteiger partial charge >= 0.3 is 18.2 Å². The Morgan fingerprint density at radius 1 is 0.913 bits per heavy atom. The number of hydrogen-bond donors (Lipinski definition) is 3. The number of allylic oxidation sites excluding steroid dienone is 2. The van der Waals surface area contributed by atoms with Gasteiger partial charge in [0.25, 0.3) is 20.7 Å². The highest BCUT2D eigenvalue weighted by molar-refractivity contribution is 7.99. The highest BCUT2D eigenvalue weighted by Gasteiger charge is 2.45. The number of anilines is 1. The highest BCUT2D eigenvalue weighted by atomic mass is 32.2. The van der Waals surface area contributed by atoms with Crippen LogP contribution < -0.4 is 15.0 Å². The SMILES string of the molecule is CCCC(=NOCC)C1=C(O)CC(CC(C)SCC)CC1=O.CCOC(=O)C1=NOC(c2ccccc2)(c2ccccc2)C1.COc1ncc(F)c2nc(S(=O)(=O)Nc3c(F)cccc3F)nn12.Cc1[nH]n(C)c(=O)c1C(=O)c1ccc(C(F)(F)F)cc1S(C)(=O)=O. The summed E-state index contributed by atoms with van der Waals surface area (Å²) in [5.74, 6) is -3.07. The maximum atomic E-state index is 13.7. The Morgan fingerprint density at radius 3 is 2.07 bits per heavy atom. The van der Waals surface area contributed by atoms with E-state index in [2.05, 4.69) is 44.3 Å². The van der Waals surface area contributed by atoms with Crippen molar-refractivity contribution in [3.8, 4) is 6.01 Å². The summed E-state index contributed by atoms with van der Waals surface area (Å²) < 4.78 is 141. The van der Waals surface area contributed by atoms with Gasteiger partial charge in [-0.2, -0.15) is 42.9 Å². The Labute approximate surface area is 530 Å². The van der Waals surface area contributed by atoms with Crippen LogP contribution in [0, 0.1) is 30.3 Å². The van der Waals surface area contributed by atoms with Gasteiger partial charge in [-0.1, -0.05) is 104 Å². The summed E-state index contributed by atoms with van der Waals surface area (Å²) in [7, 11) is -6.14. The smallest absolute Gasteiger partial charge is 0.416 e. The molecule has 22 nitrogen and oxygen atoms in total. The van der Waals surface area contributed by atoms with Gasteiger partial charge in [-0.25, -0.2) is 31.4 Å². The van der Waals surface area contributed by atoms with Crippen molar-refractivity contribution < 1.29 is 81.8 Å². The van der Waals surface area contributed by atoms with Gasteiger partial charge < -0.3 is 24.3 Å². The molecule has 0 radical (unpaired) electrons. The van der Waals surface area contributed by atoms with E-state index in [1.807, 2.05) is 86.3 Å². The quantitative estimate of drug-likeness (QED) is 0.0210. The number of aromatic nitrogens is 6. The minimum absolute atomic E-state index is 0.00866. The van der Waals surface area contributed by atoms with E-state index in [1.165, 1.54) is 21.1 Å². The largest absolute Gasteiger partial charge is 0.511 e. The topological polar surface area (TPSA) is 294 Å². The number of carbonyl (C=O) groups is 3. The number of sulfone groups is 1. The lowest BCUT2D eigenvalue weighted by atomic mass is 9.82. The van der Waals surface area contributed by atoms with Crippen LogP contribution >= 0.6 is 11.8 Å². The number of ether oxygens (including phenoxy) is 2. The van der Waals surface area contributed by atoms with Crippen LogP contribution in [0.15, 0.2) is 140 Å². The number of methoxy groups -OCH3 is 1. The molecule has 0 amide bonds. The maximum absolute atomic E-state index is 13.7. The molecule has 2 unspecified atom stereocenters. The number of rotatable bonds is 20. The lowest BCUT2D eigenvalue weighted by molar-refractivity contribution is -0.138. The van der Waals surface area contributed by atoms with E-state index in [-0.39, 0.29) is 34.7 Å². The summed E-state index contributed by atoms with van der Waals surface area (Å²) >= 11 is 1.90. The lowest BCUT2D eigenvalue weighted by Gasteiger charge is -2.27. The summed E-state index contributed by atoms with van der Waals surface area (Å²) in [4.78, 5) is 66.1. The van der Waals surface area contributed by atoms with Crippen LogP contribution in [0.4, 0.5) is 32.0 Å². The summed E-state index contributed by atoms with van der Waals surface area (Å²) in [6.45, 7) is 12.2. The normalized spacial score (nSPS) is 15.1. The lowest BCUT2D eigenvalue weighted by Crippen LogP contribution is -2.29. The minimum Gasteiger partial charge on any atom is -0.511 e. The number of alkyl halides is 3. The van der Waals surface area contributed by atoms with Gasteiger partial charge in [0, 0.05) is 53.8 Å². The average molecular weight is 1340 g/mol. The van der Waals surface area contributed by atoms with Gasteiger partial charge in [-0.05, 0) is 75.6 Å². The van der Waals surface area contributed by atoms with Crippen molar-refractivity contribution in [3.05, 3.63) is 176 Å². The molecule has 0 saturated heterocycles. The fraction of sp³-hybridized carbons (Fsp3) is 0.361. The fourth-order valence-corrected chi connectivity index (χ4v) is 12.5. The number of aryl methyl sites for hydroxylation is 2. The first-order valence-corrected chi connectivity index (χ1v) is 32.8. The number of nitrogens with one attached hydrogen (secondary N) is 2. The third kappa shape index (κ3) is 17.6. The number of H-pyrrole nitrogens is 1. The molecule has 494 valence electrons. The number of aromatic amines is 1. The first kappa shape index (κ1) is 72.2. The van der Waals surface area contributed by atoms with Crippen LogP contribution in [0.1, 0.15) is 111 Å². The number of esters is 1. The third-order valence-electron chi connectivity index (χ3n) is 13.7. The van der Waals surface area contributed by atoms with E-state index < -0.39 is 98.9 Å². The zero-order valence-corrected chi connectivity index (χ0v) is 53.8. The van der Waals surface area contributed by atoms with E-state index in [9.17, 15) is 67.5 Å². The second kappa shape index (κ2) is 31.5. The second-order valence-corrected chi connectivity index (χ2v) is 25.8.